The highest BCUT2D eigenvalue weighted by Gasteiger charge is 2.28. The molecule has 2 aromatic rings. The molecule has 1 aliphatic rings. The summed E-state index contributed by atoms with van der Waals surface area (Å²) in [4.78, 5) is 24.7. The van der Waals surface area contributed by atoms with Gasteiger partial charge in [-0.05, 0) is 35.6 Å². The lowest BCUT2D eigenvalue weighted by Gasteiger charge is -2.34. The molecule has 0 aliphatic heterocycles. The number of carbonyl (C=O) groups excluding carboxylic acids is 2. The molecule has 26 heavy (non-hydrogen) atoms. The van der Waals surface area contributed by atoms with Crippen molar-refractivity contribution in [1.29, 1.82) is 0 Å². The number of amides is 2. The number of nitrogens with zero attached hydrogens (tertiary/aromatic N) is 4. The summed E-state index contributed by atoms with van der Waals surface area (Å²) in [5, 5.41) is 15.3. The van der Waals surface area contributed by atoms with E-state index in [-0.39, 0.29) is 18.5 Å². The van der Waals surface area contributed by atoms with E-state index in [0.29, 0.717) is 28.8 Å². The van der Waals surface area contributed by atoms with Gasteiger partial charge < -0.3 is 11.1 Å². The van der Waals surface area contributed by atoms with E-state index < -0.39 is 5.91 Å². The van der Waals surface area contributed by atoms with Crippen LogP contribution in [0.4, 0.5) is 0 Å². The van der Waals surface area contributed by atoms with Crippen molar-refractivity contribution in [2.24, 2.45) is 17.6 Å². The lowest BCUT2D eigenvalue weighted by Crippen LogP contribution is -2.45. The molecule has 3 N–H and O–H groups in total. The molecule has 0 radical (unpaired) electrons. The van der Waals surface area contributed by atoms with Gasteiger partial charge >= 0.3 is 0 Å². The first-order valence-electron chi connectivity index (χ1n) is 8.91. The number of benzene rings is 1. The third kappa shape index (κ3) is 4.07. The van der Waals surface area contributed by atoms with E-state index in [1.54, 1.807) is 24.3 Å². The molecule has 1 aliphatic carbocycles. The van der Waals surface area contributed by atoms with Gasteiger partial charge in [-0.25, -0.2) is 0 Å². The molecule has 0 bridgehead atoms. The van der Waals surface area contributed by atoms with Crippen LogP contribution in [-0.2, 0) is 11.3 Å². The number of hydrogen-bond acceptors (Lipinski definition) is 5. The second kappa shape index (κ2) is 7.63. The number of primary amides is 1. The Morgan fingerprint density at radius 2 is 1.96 bits per heavy atom. The normalized spacial score (nSPS) is 22.8. The Morgan fingerprint density at radius 1 is 1.23 bits per heavy atom. The molecule has 0 spiro atoms. The summed E-state index contributed by atoms with van der Waals surface area (Å²) in [7, 11) is 0. The third-order valence-corrected chi connectivity index (χ3v) is 5.22. The van der Waals surface area contributed by atoms with Crippen LogP contribution in [0.1, 0.15) is 43.5 Å². The van der Waals surface area contributed by atoms with E-state index in [2.05, 4.69) is 34.6 Å². The van der Waals surface area contributed by atoms with E-state index in [1.807, 2.05) is 0 Å². The standard InChI is InChI=1S/C18H24N6O2/c1-11-4-3-5-15(12(11)2)20-16(25)10-24-22-18(21-23-24)14-8-6-13(7-9-14)17(19)26/h6-9,11-12,15H,3-5,10H2,1-2H3,(H2,19,26)(H,20,25)/t11-,12-,15+/m1/s1. The topological polar surface area (TPSA) is 116 Å². The Bertz CT molecular complexity index is 785. The predicted octanol–water partition coefficient (Wildman–Crippen LogP) is 1.38. The molecule has 8 heteroatoms. The van der Waals surface area contributed by atoms with Crippen molar-refractivity contribution in [2.75, 3.05) is 0 Å². The zero-order chi connectivity index (χ0) is 18.7. The summed E-state index contributed by atoms with van der Waals surface area (Å²) in [6.07, 6.45) is 3.37. The maximum atomic E-state index is 12.3. The first-order chi connectivity index (χ1) is 12.4. The van der Waals surface area contributed by atoms with E-state index in [1.165, 1.54) is 11.2 Å². The van der Waals surface area contributed by atoms with Crippen LogP contribution in [-0.4, -0.2) is 38.1 Å². The lowest BCUT2D eigenvalue weighted by molar-refractivity contribution is -0.123. The summed E-state index contributed by atoms with van der Waals surface area (Å²) in [5.41, 5.74) is 6.34. The Morgan fingerprint density at radius 3 is 2.65 bits per heavy atom. The highest BCUT2D eigenvalue weighted by atomic mass is 16.2. The molecule has 3 rings (SSSR count). The SMILES string of the molecule is C[C@@H]1[C@H](C)CCC[C@@H]1NC(=O)Cn1nnc(-c2ccc(C(N)=O)cc2)n1. The zero-order valence-electron chi connectivity index (χ0n) is 15.1. The fraction of sp³-hybridized carbons (Fsp3) is 0.500. The monoisotopic (exact) mass is 356 g/mol. The maximum Gasteiger partial charge on any atom is 0.248 e. The molecular formula is C18H24N6O2. The van der Waals surface area contributed by atoms with Crippen LogP contribution < -0.4 is 11.1 Å². The van der Waals surface area contributed by atoms with Crippen LogP contribution >= 0.6 is 0 Å². The van der Waals surface area contributed by atoms with Crippen molar-refractivity contribution in [3.05, 3.63) is 29.8 Å². The Labute approximate surface area is 152 Å². The van der Waals surface area contributed by atoms with E-state index in [9.17, 15) is 9.59 Å². The fourth-order valence-corrected chi connectivity index (χ4v) is 3.38. The molecule has 1 aromatic heterocycles. The van der Waals surface area contributed by atoms with Gasteiger partial charge in [-0.15, -0.1) is 10.2 Å². The van der Waals surface area contributed by atoms with Crippen molar-refractivity contribution in [2.45, 2.75) is 45.7 Å². The molecule has 2 amide bonds. The first-order valence-corrected chi connectivity index (χ1v) is 8.91. The van der Waals surface area contributed by atoms with Gasteiger partial charge in [-0.1, -0.05) is 38.8 Å². The first kappa shape index (κ1) is 18.0. The zero-order valence-corrected chi connectivity index (χ0v) is 15.1. The van der Waals surface area contributed by atoms with Crippen molar-refractivity contribution in [3.8, 4) is 11.4 Å². The number of carbonyl (C=O) groups is 2. The fourth-order valence-electron chi connectivity index (χ4n) is 3.38. The van der Waals surface area contributed by atoms with Gasteiger partial charge in [-0.3, -0.25) is 9.59 Å². The molecule has 8 nitrogen and oxygen atoms in total. The lowest BCUT2D eigenvalue weighted by atomic mass is 9.78. The molecule has 0 saturated heterocycles. The molecular weight excluding hydrogens is 332 g/mol. The van der Waals surface area contributed by atoms with Gasteiger partial charge in [0.1, 0.15) is 6.54 Å². The van der Waals surface area contributed by atoms with Crippen LogP contribution in [0.5, 0.6) is 0 Å². The molecule has 1 heterocycles. The third-order valence-electron chi connectivity index (χ3n) is 5.22. The molecule has 138 valence electrons. The van der Waals surface area contributed by atoms with Crippen molar-refractivity contribution < 1.29 is 9.59 Å². The van der Waals surface area contributed by atoms with Crippen molar-refractivity contribution in [3.63, 3.8) is 0 Å². The largest absolute Gasteiger partial charge is 0.366 e. The highest BCUT2D eigenvalue weighted by molar-refractivity contribution is 5.93. The molecule has 1 aromatic carbocycles. The minimum Gasteiger partial charge on any atom is -0.366 e. The van der Waals surface area contributed by atoms with Crippen LogP contribution in [0.2, 0.25) is 0 Å². The highest BCUT2D eigenvalue weighted by Crippen LogP contribution is 2.29. The van der Waals surface area contributed by atoms with Gasteiger partial charge in [0.05, 0.1) is 0 Å². The van der Waals surface area contributed by atoms with Gasteiger partial charge in [-0.2, -0.15) is 4.80 Å². The molecule has 1 saturated carbocycles. The van der Waals surface area contributed by atoms with Crippen molar-refractivity contribution >= 4 is 11.8 Å². The second-order valence-corrected chi connectivity index (χ2v) is 7.03. The molecule has 3 atom stereocenters. The maximum absolute atomic E-state index is 12.3. The minimum absolute atomic E-state index is 0.0317. The van der Waals surface area contributed by atoms with E-state index >= 15 is 0 Å². The number of aromatic nitrogens is 4. The smallest absolute Gasteiger partial charge is 0.248 e. The number of rotatable bonds is 5. The summed E-state index contributed by atoms with van der Waals surface area (Å²) >= 11 is 0. The average molecular weight is 356 g/mol. The average Bonchev–Trinajstić information content (AvgIpc) is 3.07. The summed E-state index contributed by atoms with van der Waals surface area (Å²) < 4.78 is 0. The molecule has 1 fully saturated rings. The minimum atomic E-state index is -0.490. The van der Waals surface area contributed by atoms with Crippen LogP contribution in [0.3, 0.4) is 0 Å². The summed E-state index contributed by atoms with van der Waals surface area (Å²) in [6, 6.07) is 6.82. The predicted molar refractivity (Wildman–Crippen MR) is 95.9 cm³/mol. The van der Waals surface area contributed by atoms with Crippen molar-refractivity contribution in [1.82, 2.24) is 25.5 Å². The second-order valence-electron chi connectivity index (χ2n) is 7.03. The summed E-state index contributed by atoms with van der Waals surface area (Å²) in [5.74, 6) is 0.887. The van der Waals surface area contributed by atoms with Gasteiger partial charge in [0.15, 0.2) is 0 Å². The number of tetrazole rings is 1. The van der Waals surface area contributed by atoms with E-state index in [0.717, 1.165) is 12.8 Å². The van der Waals surface area contributed by atoms with Gasteiger partial charge in [0, 0.05) is 17.2 Å². The Kier molecular flexibility index (Phi) is 5.29. The molecule has 0 unspecified atom stereocenters. The number of hydrogen-bond donors (Lipinski definition) is 2. The van der Waals surface area contributed by atoms with Gasteiger partial charge in [0.25, 0.3) is 0 Å². The van der Waals surface area contributed by atoms with Crippen LogP contribution in [0.15, 0.2) is 24.3 Å². The summed E-state index contributed by atoms with van der Waals surface area (Å²) in [6.45, 7) is 4.46. The number of nitrogens with two attached hydrogens (primary N) is 1. The number of nitrogens with one attached hydrogen (secondary N) is 1. The van der Waals surface area contributed by atoms with E-state index in [4.69, 9.17) is 5.73 Å². The van der Waals surface area contributed by atoms with Crippen LogP contribution in [0.25, 0.3) is 11.4 Å². The Balaban J connectivity index is 1.61. The Hall–Kier alpha value is -2.77. The van der Waals surface area contributed by atoms with Crippen LogP contribution in [0, 0.1) is 11.8 Å². The quantitative estimate of drug-likeness (QED) is 0.839. The van der Waals surface area contributed by atoms with Gasteiger partial charge in [0.2, 0.25) is 17.6 Å².